The van der Waals surface area contributed by atoms with Crippen molar-refractivity contribution < 1.29 is 9.59 Å². The fourth-order valence-corrected chi connectivity index (χ4v) is 0.862. The molecule has 0 atom stereocenters. The van der Waals surface area contributed by atoms with Crippen LogP contribution in [0.5, 0.6) is 0 Å². The lowest BCUT2D eigenvalue weighted by Crippen LogP contribution is -2.42. The first kappa shape index (κ1) is 8.99. The lowest BCUT2D eigenvalue weighted by Gasteiger charge is -2.15. The van der Waals surface area contributed by atoms with Crippen LogP contribution in [0.15, 0.2) is 0 Å². The number of nitrogens with zero attached hydrogens (tertiary/aromatic N) is 1. The Hall–Kier alpha value is -1.10. The Bertz CT molecular complexity index is 203. The third-order valence-electron chi connectivity index (χ3n) is 1.48. The van der Waals surface area contributed by atoms with E-state index in [0.717, 1.165) is 0 Å². The van der Waals surface area contributed by atoms with Crippen molar-refractivity contribution in [2.45, 2.75) is 13.8 Å². The molecule has 5 nitrogen and oxygen atoms in total. The Labute approximate surface area is 71.1 Å². The molecule has 0 aromatic rings. The Morgan fingerprint density at radius 1 is 1.58 bits per heavy atom. The van der Waals surface area contributed by atoms with Crippen molar-refractivity contribution >= 4 is 11.9 Å². The third kappa shape index (κ3) is 2.20. The molecule has 0 aliphatic carbocycles. The van der Waals surface area contributed by atoms with E-state index in [9.17, 15) is 9.59 Å². The van der Waals surface area contributed by atoms with Gasteiger partial charge < -0.3 is 0 Å². The molecule has 0 unspecified atom stereocenters. The molecule has 1 aliphatic heterocycles. The number of rotatable bonds is 3. The van der Waals surface area contributed by atoms with E-state index in [1.54, 1.807) is 0 Å². The van der Waals surface area contributed by atoms with Gasteiger partial charge in [0.15, 0.2) is 0 Å². The molecule has 0 aromatic heterocycles. The highest BCUT2D eigenvalue weighted by molar-refractivity contribution is 6.01. The van der Waals surface area contributed by atoms with Gasteiger partial charge in [0.05, 0.1) is 0 Å². The summed E-state index contributed by atoms with van der Waals surface area (Å²) in [7, 11) is 0. The number of carbonyl (C=O) groups excluding carboxylic acids is 2. The van der Waals surface area contributed by atoms with Crippen LogP contribution >= 0.6 is 0 Å². The first-order valence-electron chi connectivity index (χ1n) is 3.94. The number of nitrogens with one attached hydrogen (secondary N) is 2. The normalized spacial score (nSPS) is 17.4. The first-order chi connectivity index (χ1) is 5.59. The lowest BCUT2D eigenvalue weighted by atomic mass is 10.2. The smallest absolute Gasteiger partial charge is 0.275 e. The van der Waals surface area contributed by atoms with E-state index in [1.165, 1.54) is 5.01 Å². The maximum Gasteiger partial charge on any atom is 0.338 e. The molecule has 0 saturated carbocycles. The van der Waals surface area contributed by atoms with E-state index < -0.39 is 0 Å². The summed E-state index contributed by atoms with van der Waals surface area (Å²) in [6, 6.07) is -0.361. The van der Waals surface area contributed by atoms with E-state index >= 15 is 0 Å². The zero-order valence-corrected chi connectivity index (χ0v) is 7.26. The van der Waals surface area contributed by atoms with Crippen molar-refractivity contribution in [3.63, 3.8) is 0 Å². The summed E-state index contributed by atoms with van der Waals surface area (Å²) in [5, 5.41) is 3.47. The van der Waals surface area contributed by atoms with Crippen LogP contribution in [-0.2, 0) is 4.79 Å². The molecule has 0 radical (unpaired) electrons. The summed E-state index contributed by atoms with van der Waals surface area (Å²) in [6.07, 6.45) is 0. The maximum absolute atomic E-state index is 10.9. The van der Waals surface area contributed by atoms with Crippen LogP contribution in [0, 0.1) is 5.92 Å². The van der Waals surface area contributed by atoms with Crippen LogP contribution in [-0.4, -0.2) is 30.0 Å². The third-order valence-corrected chi connectivity index (χ3v) is 1.48. The highest BCUT2D eigenvalue weighted by atomic mass is 16.2. The van der Waals surface area contributed by atoms with Crippen LogP contribution in [0.2, 0.25) is 0 Å². The van der Waals surface area contributed by atoms with Gasteiger partial charge in [-0.2, -0.15) is 0 Å². The summed E-state index contributed by atoms with van der Waals surface area (Å²) in [5.74, 6) is 0.199. The summed E-state index contributed by atoms with van der Waals surface area (Å²) in [5.41, 5.74) is 2.86. The van der Waals surface area contributed by atoms with Crippen molar-refractivity contribution in [1.82, 2.24) is 15.8 Å². The Balaban J connectivity index is 2.33. The highest BCUT2D eigenvalue weighted by Gasteiger charge is 2.26. The van der Waals surface area contributed by atoms with Crippen LogP contribution in [0.4, 0.5) is 4.79 Å². The van der Waals surface area contributed by atoms with Gasteiger partial charge in [0.2, 0.25) is 5.91 Å². The molecule has 12 heavy (non-hydrogen) atoms. The molecule has 1 aliphatic rings. The predicted octanol–water partition coefficient (Wildman–Crippen LogP) is -0.301. The molecular weight excluding hydrogens is 158 g/mol. The topological polar surface area (TPSA) is 61.4 Å². The van der Waals surface area contributed by atoms with Crippen molar-refractivity contribution in [3.05, 3.63) is 0 Å². The second kappa shape index (κ2) is 3.53. The number of hydrogen-bond acceptors (Lipinski definition) is 3. The average molecular weight is 171 g/mol. The van der Waals surface area contributed by atoms with Crippen LogP contribution in [0.1, 0.15) is 13.8 Å². The molecule has 0 aromatic carbocycles. The molecule has 0 bridgehead atoms. The van der Waals surface area contributed by atoms with Gasteiger partial charge in [-0.15, -0.1) is 0 Å². The summed E-state index contributed by atoms with van der Waals surface area (Å²) < 4.78 is 0. The van der Waals surface area contributed by atoms with E-state index in [4.69, 9.17) is 0 Å². The van der Waals surface area contributed by atoms with Gasteiger partial charge in [0.1, 0.15) is 6.54 Å². The monoisotopic (exact) mass is 171 g/mol. The Morgan fingerprint density at radius 3 is 2.67 bits per heavy atom. The van der Waals surface area contributed by atoms with Crippen molar-refractivity contribution in [2.75, 3.05) is 13.1 Å². The first-order valence-corrected chi connectivity index (χ1v) is 3.94. The zero-order chi connectivity index (χ0) is 9.14. The minimum Gasteiger partial charge on any atom is -0.275 e. The second-order valence-corrected chi connectivity index (χ2v) is 3.20. The van der Waals surface area contributed by atoms with Crippen molar-refractivity contribution in [1.29, 1.82) is 0 Å². The summed E-state index contributed by atoms with van der Waals surface area (Å²) >= 11 is 0. The summed E-state index contributed by atoms with van der Waals surface area (Å²) in [6.45, 7) is 4.87. The van der Waals surface area contributed by atoms with E-state index in [2.05, 4.69) is 10.7 Å². The van der Waals surface area contributed by atoms with Gasteiger partial charge in [-0.05, 0) is 5.92 Å². The molecule has 2 N–H and O–H groups in total. The SMILES string of the molecule is CC(C)CNN1CC(=O)NC1=O. The van der Waals surface area contributed by atoms with Crippen LogP contribution in [0.3, 0.4) is 0 Å². The second-order valence-electron chi connectivity index (χ2n) is 3.20. The number of amides is 3. The van der Waals surface area contributed by atoms with Crippen LogP contribution in [0.25, 0.3) is 0 Å². The maximum atomic E-state index is 10.9. The van der Waals surface area contributed by atoms with E-state index in [1.807, 2.05) is 13.8 Å². The Kier molecular flexibility index (Phi) is 2.65. The zero-order valence-electron chi connectivity index (χ0n) is 7.26. The molecule has 68 valence electrons. The van der Waals surface area contributed by atoms with Crippen molar-refractivity contribution in [2.24, 2.45) is 5.92 Å². The fraction of sp³-hybridized carbons (Fsp3) is 0.714. The average Bonchev–Trinajstić information content (AvgIpc) is 2.26. The highest BCUT2D eigenvalue weighted by Crippen LogP contribution is 1.95. The van der Waals surface area contributed by atoms with Gasteiger partial charge in [-0.3, -0.25) is 10.1 Å². The van der Waals surface area contributed by atoms with Gasteiger partial charge >= 0.3 is 6.03 Å². The van der Waals surface area contributed by atoms with Gasteiger partial charge in [-0.1, -0.05) is 13.8 Å². The molecule has 3 amide bonds. The summed E-state index contributed by atoms with van der Waals surface area (Å²) in [4.78, 5) is 21.6. The number of hydrogen-bond donors (Lipinski definition) is 2. The predicted molar refractivity (Wildman–Crippen MR) is 43.1 cm³/mol. The number of carbonyl (C=O) groups is 2. The van der Waals surface area contributed by atoms with Gasteiger partial charge in [0, 0.05) is 6.54 Å². The number of imide groups is 1. The minimum absolute atomic E-state index is 0.117. The largest absolute Gasteiger partial charge is 0.338 e. The quantitative estimate of drug-likeness (QED) is 0.573. The molecular formula is C7H13N3O2. The van der Waals surface area contributed by atoms with Gasteiger partial charge in [-0.25, -0.2) is 15.2 Å². The van der Waals surface area contributed by atoms with Crippen molar-refractivity contribution in [3.8, 4) is 0 Å². The molecule has 1 rings (SSSR count). The minimum atomic E-state index is -0.361. The molecule has 5 heteroatoms. The van der Waals surface area contributed by atoms with E-state index in [-0.39, 0.29) is 18.5 Å². The Morgan fingerprint density at radius 2 is 2.25 bits per heavy atom. The van der Waals surface area contributed by atoms with Gasteiger partial charge in [0.25, 0.3) is 0 Å². The molecule has 1 fully saturated rings. The molecule has 1 saturated heterocycles. The lowest BCUT2D eigenvalue weighted by molar-refractivity contribution is -0.118. The molecule has 1 heterocycles. The molecule has 0 spiro atoms. The standard InChI is InChI=1S/C7H13N3O2/c1-5(2)3-8-10-4-6(11)9-7(10)12/h5,8H,3-4H2,1-2H3,(H,9,11,12). The van der Waals surface area contributed by atoms with Crippen LogP contribution < -0.4 is 10.7 Å². The number of hydrazine groups is 1. The van der Waals surface area contributed by atoms with E-state index in [0.29, 0.717) is 12.5 Å². The number of urea groups is 1. The fourth-order valence-electron chi connectivity index (χ4n) is 0.862.